The number of nitro groups is 1. The number of carbonyl (C=O) groups excluding carboxylic acids is 3. The van der Waals surface area contributed by atoms with Gasteiger partial charge in [-0.25, -0.2) is 0 Å². The minimum Gasteiger partial charge on any atom is -0.469 e. The standard InChI is InChI=1S/C23H26N4O6/c1-13-19(12-17-16-11-15(27(31)32)8-9-18(16)26-22(17)29)25-14(2)21(13)23(30)24-10-6-4-5-7-20(28)33-3/h8-9,11-12,25H,4-7,10H2,1-3H3,(H,24,30)(H,26,29)/b17-12-. The highest BCUT2D eigenvalue weighted by molar-refractivity contribution is 6.35. The van der Waals surface area contributed by atoms with Crippen LogP contribution in [0.15, 0.2) is 18.2 Å². The number of hydrogen-bond donors (Lipinski definition) is 3. The molecule has 33 heavy (non-hydrogen) atoms. The van der Waals surface area contributed by atoms with Crippen LogP contribution in [0.4, 0.5) is 11.4 Å². The van der Waals surface area contributed by atoms with Gasteiger partial charge >= 0.3 is 5.97 Å². The zero-order valence-electron chi connectivity index (χ0n) is 18.7. The number of benzene rings is 1. The van der Waals surface area contributed by atoms with Crippen LogP contribution in [0, 0.1) is 24.0 Å². The van der Waals surface area contributed by atoms with Gasteiger partial charge in [0.15, 0.2) is 0 Å². The first-order valence-corrected chi connectivity index (χ1v) is 10.6. The smallest absolute Gasteiger partial charge is 0.305 e. The Balaban J connectivity index is 1.72. The molecule has 0 bridgehead atoms. The summed E-state index contributed by atoms with van der Waals surface area (Å²) in [5, 5.41) is 16.7. The molecule has 0 fully saturated rings. The first kappa shape index (κ1) is 23.7. The van der Waals surface area contributed by atoms with E-state index >= 15 is 0 Å². The van der Waals surface area contributed by atoms with Gasteiger partial charge < -0.3 is 20.4 Å². The number of aryl methyl sites for hydroxylation is 1. The molecular weight excluding hydrogens is 428 g/mol. The SMILES string of the molecule is COC(=O)CCCCCNC(=O)c1c(C)[nH]c(/C=C2\C(=O)Nc3ccc([N+](=O)[O-])cc32)c1C. The number of non-ortho nitro benzene ring substituents is 1. The van der Waals surface area contributed by atoms with E-state index in [1.165, 1.54) is 25.3 Å². The Morgan fingerprint density at radius 3 is 2.67 bits per heavy atom. The van der Waals surface area contributed by atoms with E-state index in [-0.39, 0.29) is 29.0 Å². The number of ether oxygens (including phenoxy) is 1. The molecule has 1 aromatic heterocycles. The van der Waals surface area contributed by atoms with Crippen LogP contribution >= 0.6 is 0 Å². The molecule has 0 radical (unpaired) electrons. The molecule has 2 amide bonds. The summed E-state index contributed by atoms with van der Waals surface area (Å²) in [5.74, 6) is -0.840. The van der Waals surface area contributed by atoms with Crippen molar-refractivity contribution in [2.24, 2.45) is 0 Å². The number of hydrogen-bond acceptors (Lipinski definition) is 6. The van der Waals surface area contributed by atoms with Gasteiger partial charge in [-0.1, -0.05) is 6.42 Å². The maximum Gasteiger partial charge on any atom is 0.305 e. The topological polar surface area (TPSA) is 143 Å². The highest BCUT2D eigenvalue weighted by atomic mass is 16.6. The summed E-state index contributed by atoms with van der Waals surface area (Å²) in [7, 11) is 1.36. The average molecular weight is 454 g/mol. The van der Waals surface area contributed by atoms with Crippen molar-refractivity contribution >= 4 is 40.8 Å². The fourth-order valence-corrected chi connectivity index (χ4v) is 3.80. The first-order chi connectivity index (χ1) is 15.7. The maximum atomic E-state index is 12.7. The number of H-pyrrole nitrogens is 1. The number of unbranched alkanes of at least 4 members (excludes halogenated alkanes) is 2. The number of aromatic amines is 1. The van der Waals surface area contributed by atoms with E-state index in [1.54, 1.807) is 19.9 Å². The fraction of sp³-hybridized carbons (Fsp3) is 0.348. The third kappa shape index (κ3) is 5.28. The van der Waals surface area contributed by atoms with Gasteiger partial charge in [0.25, 0.3) is 17.5 Å². The minimum absolute atomic E-state index is 0.109. The van der Waals surface area contributed by atoms with Gasteiger partial charge in [-0.3, -0.25) is 24.5 Å². The number of anilines is 1. The van der Waals surface area contributed by atoms with Gasteiger partial charge in [0.1, 0.15) is 0 Å². The predicted molar refractivity (Wildman–Crippen MR) is 123 cm³/mol. The fourth-order valence-electron chi connectivity index (χ4n) is 3.80. The normalized spacial score (nSPS) is 13.5. The van der Waals surface area contributed by atoms with Crippen molar-refractivity contribution in [3.63, 3.8) is 0 Å². The Morgan fingerprint density at radius 2 is 1.97 bits per heavy atom. The number of methoxy groups -OCH3 is 1. The molecule has 0 aliphatic carbocycles. The second-order valence-corrected chi connectivity index (χ2v) is 7.81. The number of nitrogens with zero attached hydrogens (tertiary/aromatic N) is 1. The van der Waals surface area contributed by atoms with Crippen LogP contribution < -0.4 is 10.6 Å². The maximum absolute atomic E-state index is 12.7. The summed E-state index contributed by atoms with van der Waals surface area (Å²) in [4.78, 5) is 50.1. The highest BCUT2D eigenvalue weighted by Crippen LogP contribution is 2.36. The molecule has 0 unspecified atom stereocenters. The molecule has 1 aromatic carbocycles. The molecule has 174 valence electrons. The molecule has 0 atom stereocenters. The first-order valence-electron chi connectivity index (χ1n) is 10.6. The van der Waals surface area contributed by atoms with Crippen molar-refractivity contribution in [1.82, 2.24) is 10.3 Å². The van der Waals surface area contributed by atoms with Gasteiger partial charge in [-0.2, -0.15) is 0 Å². The van der Waals surface area contributed by atoms with E-state index in [1.807, 2.05) is 0 Å². The molecule has 2 heterocycles. The lowest BCUT2D eigenvalue weighted by atomic mass is 10.0. The van der Waals surface area contributed by atoms with E-state index in [0.717, 1.165) is 12.8 Å². The van der Waals surface area contributed by atoms with E-state index in [0.29, 0.717) is 53.2 Å². The zero-order chi connectivity index (χ0) is 24.1. The van der Waals surface area contributed by atoms with Gasteiger partial charge in [0.2, 0.25) is 0 Å². The third-order valence-corrected chi connectivity index (χ3v) is 5.56. The number of nitro benzene ring substituents is 1. The van der Waals surface area contributed by atoms with Crippen LogP contribution in [0.2, 0.25) is 0 Å². The lowest BCUT2D eigenvalue weighted by molar-refractivity contribution is -0.384. The quantitative estimate of drug-likeness (QED) is 0.174. The van der Waals surface area contributed by atoms with Crippen molar-refractivity contribution in [2.45, 2.75) is 39.5 Å². The van der Waals surface area contributed by atoms with Crippen LogP contribution in [0.3, 0.4) is 0 Å². The highest BCUT2D eigenvalue weighted by Gasteiger charge is 2.27. The van der Waals surface area contributed by atoms with Crippen LogP contribution in [0.25, 0.3) is 11.6 Å². The largest absolute Gasteiger partial charge is 0.469 e. The lowest BCUT2D eigenvalue weighted by Crippen LogP contribution is -2.25. The Morgan fingerprint density at radius 1 is 1.21 bits per heavy atom. The number of esters is 1. The molecule has 3 N–H and O–H groups in total. The lowest BCUT2D eigenvalue weighted by Gasteiger charge is -2.06. The monoisotopic (exact) mass is 454 g/mol. The summed E-state index contributed by atoms with van der Waals surface area (Å²) in [5.41, 5.74) is 3.53. The third-order valence-electron chi connectivity index (χ3n) is 5.56. The Labute approximate surface area is 190 Å². The molecule has 0 saturated carbocycles. The number of rotatable bonds is 9. The number of carbonyl (C=O) groups is 3. The van der Waals surface area contributed by atoms with Crippen LogP contribution in [0.1, 0.15) is 58.6 Å². The molecule has 0 saturated heterocycles. The van der Waals surface area contributed by atoms with Crippen molar-refractivity contribution in [3.05, 3.63) is 56.4 Å². The average Bonchev–Trinajstić information content (AvgIpc) is 3.24. The summed E-state index contributed by atoms with van der Waals surface area (Å²) in [6.07, 6.45) is 4.19. The van der Waals surface area contributed by atoms with Crippen molar-refractivity contribution < 1.29 is 24.0 Å². The van der Waals surface area contributed by atoms with E-state index in [4.69, 9.17) is 0 Å². The summed E-state index contributed by atoms with van der Waals surface area (Å²) < 4.78 is 4.60. The predicted octanol–water partition coefficient (Wildman–Crippen LogP) is 3.50. The summed E-state index contributed by atoms with van der Waals surface area (Å²) in [6.45, 7) is 4.02. The Kier molecular flexibility index (Phi) is 7.27. The molecule has 2 aromatic rings. The van der Waals surface area contributed by atoms with Crippen molar-refractivity contribution in [2.75, 3.05) is 19.0 Å². The minimum atomic E-state index is -0.511. The number of aromatic nitrogens is 1. The number of amides is 2. The van der Waals surface area contributed by atoms with Crippen LogP contribution in [-0.2, 0) is 14.3 Å². The molecule has 1 aliphatic rings. The summed E-state index contributed by atoms with van der Waals surface area (Å²) in [6, 6.07) is 4.20. The molecule has 3 rings (SSSR count). The van der Waals surface area contributed by atoms with Gasteiger partial charge in [-0.15, -0.1) is 0 Å². The second-order valence-electron chi connectivity index (χ2n) is 7.81. The summed E-state index contributed by atoms with van der Waals surface area (Å²) >= 11 is 0. The van der Waals surface area contributed by atoms with Gasteiger partial charge in [0, 0.05) is 47.7 Å². The molecule has 0 spiro atoms. The van der Waals surface area contributed by atoms with Crippen LogP contribution in [0.5, 0.6) is 0 Å². The van der Waals surface area contributed by atoms with E-state index < -0.39 is 4.92 Å². The molecule has 1 aliphatic heterocycles. The van der Waals surface area contributed by atoms with Crippen LogP contribution in [-0.4, -0.2) is 41.3 Å². The van der Waals surface area contributed by atoms with Crippen molar-refractivity contribution in [3.8, 4) is 0 Å². The molecular formula is C23H26N4O6. The number of fused-ring (bicyclic) bond motifs is 1. The Hall–Kier alpha value is -3.95. The van der Waals surface area contributed by atoms with E-state index in [9.17, 15) is 24.5 Å². The van der Waals surface area contributed by atoms with Crippen molar-refractivity contribution in [1.29, 1.82) is 0 Å². The molecule has 10 heteroatoms. The van der Waals surface area contributed by atoms with Gasteiger partial charge in [-0.05, 0) is 44.4 Å². The second kappa shape index (κ2) is 10.1. The van der Waals surface area contributed by atoms with E-state index in [2.05, 4.69) is 20.4 Å². The number of nitrogens with one attached hydrogen (secondary N) is 3. The molecule has 10 nitrogen and oxygen atoms in total. The Bertz CT molecular complexity index is 1150. The van der Waals surface area contributed by atoms with Gasteiger partial charge in [0.05, 0.1) is 23.2 Å². The zero-order valence-corrected chi connectivity index (χ0v) is 18.7.